The van der Waals surface area contributed by atoms with Gasteiger partial charge in [-0.2, -0.15) is 0 Å². The van der Waals surface area contributed by atoms with Gasteiger partial charge in [-0.1, -0.05) is 31.4 Å². The van der Waals surface area contributed by atoms with Crippen molar-refractivity contribution in [2.45, 2.75) is 32.1 Å². The third-order valence-electron chi connectivity index (χ3n) is 3.70. The number of rotatable bonds is 5. The lowest BCUT2D eigenvalue weighted by Crippen LogP contribution is -2.15. The Morgan fingerprint density at radius 2 is 1.90 bits per heavy atom. The maximum absolute atomic E-state index is 11.0. The van der Waals surface area contributed by atoms with Crippen molar-refractivity contribution < 1.29 is 14.3 Å². The van der Waals surface area contributed by atoms with Gasteiger partial charge >= 0.3 is 5.97 Å². The molecule has 0 atom stereocenters. The quantitative estimate of drug-likeness (QED) is 0.604. The normalized spacial score (nSPS) is 16.2. The van der Waals surface area contributed by atoms with Crippen molar-refractivity contribution in [1.82, 2.24) is 0 Å². The summed E-state index contributed by atoms with van der Waals surface area (Å²) in [6.45, 7) is 0.817. The Morgan fingerprint density at radius 1 is 1.20 bits per heavy atom. The van der Waals surface area contributed by atoms with Crippen LogP contribution in [0.1, 0.15) is 37.7 Å². The summed E-state index contributed by atoms with van der Waals surface area (Å²) in [4.78, 5) is 11.0. The minimum absolute atomic E-state index is 0.345. The predicted molar refractivity (Wildman–Crippen MR) is 79.6 cm³/mol. The van der Waals surface area contributed by atoms with Crippen molar-refractivity contribution in [2.75, 3.05) is 13.7 Å². The Balaban J connectivity index is 1.81. The third kappa shape index (κ3) is 4.72. The molecule has 2 rings (SSSR count). The van der Waals surface area contributed by atoms with E-state index < -0.39 is 0 Å². The van der Waals surface area contributed by atoms with Crippen LogP contribution in [0, 0.1) is 5.92 Å². The summed E-state index contributed by atoms with van der Waals surface area (Å²) in [5.74, 6) is 1.26. The SMILES string of the molecule is COC(=O)/C=C/c1ccc(OCC2CCCCC2)cc1. The molecule has 0 aromatic heterocycles. The van der Waals surface area contributed by atoms with E-state index >= 15 is 0 Å². The Kier molecular flexibility index (Phi) is 5.66. The van der Waals surface area contributed by atoms with Crippen molar-refractivity contribution in [3.63, 3.8) is 0 Å². The molecule has 0 radical (unpaired) electrons. The van der Waals surface area contributed by atoms with Gasteiger partial charge < -0.3 is 9.47 Å². The lowest BCUT2D eigenvalue weighted by molar-refractivity contribution is -0.134. The molecule has 0 bridgehead atoms. The van der Waals surface area contributed by atoms with Crippen LogP contribution in [0.4, 0.5) is 0 Å². The van der Waals surface area contributed by atoms with Crippen molar-refractivity contribution in [1.29, 1.82) is 0 Å². The predicted octanol–water partition coefficient (Wildman–Crippen LogP) is 3.83. The summed E-state index contributed by atoms with van der Waals surface area (Å²) in [5.41, 5.74) is 0.959. The third-order valence-corrected chi connectivity index (χ3v) is 3.70. The van der Waals surface area contributed by atoms with Gasteiger partial charge in [-0.3, -0.25) is 0 Å². The molecule has 0 unspecified atom stereocenters. The molecule has 0 N–H and O–H groups in total. The summed E-state index contributed by atoms with van der Waals surface area (Å²) in [5, 5.41) is 0. The second-order valence-electron chi connectivity index (χ2n) is 5.24. The zero-order chi connectivity index (χ0) is 14.2. The summed E-state index contributed by atoms with van der Waals surface area (Å²) >= 11 is 0. The summed E-state index contributed by atoms with van der Waals surface area (Å²) in [6.07, 6.45) is 9.78. The van der Waals surface area contributed by atoms with Gasteiger partial charge in [0, 0.05) is 6.08 Å². The van der Waals surface area contributed by atoms with E-state index in [0.717, 1.165) is 17.9 Å². The monoisotopic (exact) mass is 274 g/mol. The topological polar surface area (TPSA) is 35.5 Å². The van der Waals surface area contributed by atoms with Crippen LogP contribution in [0.25, 0.3) is 6.08 Å². The van der Waals surface area contributed by atoms with Gasteiger partial charge in [-0.25, -0.2) is 4.79 Å². The number of benzene rings is 1. The molecule has 0 spiro atoms. The van der Waals surface area contributed by atoms with E-state index in [-0.39, 0.29) is 5.97 Å². The molecule has 3 heteroatoms. The van der Waals surface area contributed by atoms with Gasteiger partial charge in [-0.15, -0.1) is 0 Å². The molecular formula is C17H22O3. The fraction of sp³-hybridized carbons (Fsp3) is 0.471. The molecule has 1 aromatic rings. The number of carbonyl (C=O) groups excluding carboxylic acids is 1. The van der Waals surface area contributed by atoms with E-state index in [0.29, 0.717) is 5.92 Å². The van der Waals surface area contributed by atoms with Crippen LogP contribution in [-0.2, 0) is 9.53 Å². The maximum Gasteiger partial charge on any atom is 0.330 e. The lowest BCUT2D eigenvalue weighted by Gasteiger charge is -2.21. The van der Waals surface area contributed by atoms with E-state index in [1.165, 1.54) is 45.3 Å². The van der Waals surface area contributed by atoms with Gasteiger partial charge in [0.25, 0.3) is 0 Å². The molecule has 0 saturated heterocycles. The van der Waals surface area contributed by atoms with Crippen molar-refractivity contribution in [2.24, 2.45) is 5.92 Å². The Hall–Kier alpha value is -1.77. The molecular weight excluding hydrogens is 252 g/mol. The Labute approximate surface area is 120 Å². The van der Waals surface area contributed by atoms with E-state index in [1.54, 1.807) is 6.08 Å². The summed E-state index contributed by atoms with van der Waals surface area (Å²) in [7, 11) is 1.37. The van der Waals surface area contributed by atoms with Gasteiger partial charge in [0.2, 0.25) is 0 Å². The van der Waals surface area contributed by atoms with E-state index in [1.807, 2.05) is 24.3 Å². The van der Waals surface area contributed by atoms with Crippen molar-refractivity contribution >= 4 is 12.0 Å². The first-order valence-corrected chi connectivity index (χ1v) is 7.27. The zero-order valence-electron chi connectivity index (χ0n) is 12.0. The van der Waals surface area contributed by atoms with Gasteiger partial charge in [0.1, 0.15) is 5.75 Å². The lowest BCUT2D eigenvalue weighted by atomic mass is 9.90. The zero-order valence-corrected chi connectivity index (χ0v) is 12.0. The van der Waals surface area contributed by atoms with E-state index in [4.69, 9.17) is 4.74 Å². The minimum atomic E-state index is -0.345. The highest BCUT2D eigenvalue weighted by molar-refractivity contribution is 5.86. The summed E-state index contributed by atoms with van der Waals surface area (Å²) < 4.78 is 10.4. The highest BCUT2D eigenvalue weighted by atomic mass is 16.5. The fourth-order valence-electron chi connectivity index (χ4n) is 2.48. The minimum Gasteiger partial charge on any atom is -0.493 e. The second-order valence-corrected chi connectivity index (χ2v) is 5.24. The molecule has 3 nitrogen and oxygen atoms in total. The smallest absolute Gasteiger partial charge is 0.330 e. The average Bonchev–Trinajstić information content (AvgIpc) is 2.52. The van der Waals surface area contributed by atoms with Gasteiger partial charge in [0.05, 0.1) is 13.7 Å². The Morgan fingerprint density at radius 3 is 2.55 bits per heavy atom. The van der Waals surface area contributed by atoms with E-state index in [9.17, 15) is 4.79 Å². The van der Waals surface area contributed by atoms with Crippen molar-refractivity contribution in [3.8, 4) is 5.75 Å². The second kappa shape index (κ2) is 7.73. The highest BCUT2D eigenvalue weighted by Gasteiger charge is 2.13. The Bertz CT molecular complexity index is 442. The van der Waals surface area contributed by atoms with Crippen LogP contribution in [0.15, 0.2) is 30.3 Å². The van der Waals surface area contributed by atoms with E-state index in [2.05, 4.69) is 4.74 Å². The number of hydrogen-bond donors (Lipinski definition) is 0. The molecule has 20 heavy (non-hydrogen) atoms. The largest absolute Gasteiger partial charge is 0.493 e. The number of ether oxygens (including phenoxy) is 2. The molecule has 1 aliphatic rings. The van der Waals surface area contributed by atoms with Crippen molar-refractivity contribution in [3.05, 3.63) is 35.9 Å². The number of esters is 1. The molecule has 0 heterocycles. The molecule has 1 aromatic carbocycles. The fourth-order valence-corrected chi connectivity index (χ4v) is 2.48. The molecule has 0 aliphatic heterocycles. The number of carbonyl (C=O) groups is 1. The van der Waals surface area contributed by atoms with Gasteiger partial charge in [0.15, 0.2) is 0 Å². The number of methoxy groups -OCH3 is 1. The maximum atomic E-state index is 11.0. The van der Waals surface area contributed by atoms with Crippen LogP contribution in [-0.4, -0.2) is 19.7 Å². The standard InChI is InChI=1S/C17H22O3/c1-19-17(18)12-9-14-7-10-16(11-8-14)20-13-15-5-3-2-4-6-15/h7-12,15H,2-6,13H2,1H3/b12-9+. The first kappa shape index (κ1) is 14.6. The summed E-state index contributed by atoms with van der Waals surface area (Å²) in [6, 6.07) is 7.77. The number of hydrogen-bond acceptors (Lipinski definition) is 3. The molecule has 1 fully saturated rings. The first-order valence-electron chi connectivity index (χ1n) is 7.27. The average molecular weight is 274 g/mol. The molecule has 0 amide bonds. The first-order chi connectivity index (χ1) is 9.78. The van der Waals surface area contributed by atoms with Crippen LogP contribution < -0.4 is 4.74 Å². The highest BCUT2D eigenvalue weighted by Crippen LogP contribution is 2.24. The molecule has 1 saturated carbocycles. The molecule has 108 valence electrons. The van der Waals surface area contributed by atoms with Crippen LogP contribution in [0.2, 0.25) is 0 Å². The van der Waals surface area contributed by atoms with Gasteiger partial charge in [-0.05, 0) is 42.5 Å². The van der Waals surface area contributed by atoms with Crippen LogP contribution in [0.5, 0.6) is 5.75 Å². The van der Waals surface area contributed by atoms with Crippen LogP contribution >= 0.6 is 0 Å². The van der Waals surface area contributed by atoms with Crippen LogP contribution in [0.3, 0.4) is 0 Å². The molecule has 1 aliphatic carbocycles.